The van der Waals surface area contributed by atoms with Crippen molar-refractivity contribution in [3.8, 4) is 0 Å². The molecular formula is C25H25F4N5O2S2. The highest BCUT2D eigenvalue weighted by Gasteiger charge is 2.39. The molecule has 0 saturated carbocycles. The average Bonchev–Trinajstić information content (AvgIpc) is 3.31. The van der Waals surface area contributed by atoms with Gasteiger partial charge >= 0.3 is 0 Å². The molecule has 2 atom stereocenters. The molecule has 1 aliphatic heterocycles. The first-order valence-electron chi connectivity index (χ1n) is 11.5. The summed E-state index contributed by atoms with van der Waals surface area (Å²) in [5.74, 6) is -2.83. The van der Waals surface area contributed by atoms with Gasteiger partial charge in [-0.2, -0.15) is 0 Å². The number of alkyl halides is 1. The monoisotopic (exact) mass is 567 g/mol. The zero-order chi connectivity index (χ0) is 27.7. The molecule has 0 bridgehead atoms. The molecule has 0 amide bonds. The molecule has 2 heterocycles. The highest BCUT2D eigenvalue weighted by Crippen LogP contribution is 2.52. The van der Waals surface area contributed by atoms with Gasteiger partial charge in [0.25, 0.3) is 10.0 Å². The first-order valence-corrected chi connectivity index (χ1v) is 13.9. The Morgan fingerprint density at radius 1 is 1.08 bits per heavy atom. The van der Waals surface area contributed by atoms with Gasteiger partial charge in [0.1, 0.15) is 23.2 Å². The van der Waals surface area contributed by atoms with Crippen molar-refractivity contribution in [2.45, 2.75) is 37.0 Å². The highest BCUT2D eigenvalue weighted by molar-refractivity contribution is 8.14. The Kier molecular flexibility index (Phi) is 7.98. The summed E-state index contributed by atoms with van der Waals surface area (Å²) in [6.07, 6.45) is 1.50. The summed E-state index contributed by atoms with van der Waals surface area (Å²) in [5, 5.41) is 3.01. The third kappa shape index (κ3) is 5.93. The maximum Gasteiger partial charge on any atom is 0.265 e. The quantitative estimate of drug-likeness (QED) is 0.322. The molecule has 38 heavy (non-hydrogen) atoms. The van der Waals surface area contributed by atoms with Crippen LogP contribution in [-0.4, -0.2) is 36.6 Å². The van der Waals surface area contributed by atoms with Crippen LogP contribution in [0.15, 0.2) is 58.5 Å². The van der Waals surface area contributed by atoms with Crippen LogP contribution in [0.25, 0.3) is 0 Å². The van der Waals surface area contributed by atoms with Crippen LogP contribution in [0.2, 0.25) is 0 Å². The molecule has 0 aliphatic carbocycles. The fourth-order valence-electron chi connectivity index (χ4n) is 3.75. The average molecular weight is 568 g/mol. The number of thioether (sulfide) groups is 1. The van der Waals surface area contributed by atoms with E-state index in [1.165, 1.54) is 36.2 Å². The van der Waals surface area contributed by atoms with Crippen molar-refractivity contribution in [1.29, 1.82) is 0 Å². The predicted molar refractivity (Wildman–Crippen MR) is 140 cm³/mol. The van der Waals surface area contributed by atoms with Gasteiger partial charge in [0.05, 0.1) is 27.7 Å². The lowest BCUT2D eigenvalue weighted by Crippen LogP contribution is -2.17. The van der Waals surface area contributed by atoms with Crippen LogP contribution in [-0.2, 0) is 10.0 Å². The Morgan fingerprint density at radius 2 is 1.84 bits per heavy atom. The zero-order valence-corrected chi connectivity index (χ0v) is 22.3. The van der Waals surface area contributed by atoms with E-state index in [1.807, 2.05) is 25.5 Å². The van der Waals surface area contributed by atoms with Crippen molar-refractivity contribution < 1.29 is 26.0 Å². The van der Waals surface area contributed by atoms with Gasteiger partial charge in [0, 0.05) is 23.7 Å². The van der Waals surface area contributed by atoms with E-state index in [9.17, 15) is 21.6 Å². The van der Waals surface area contributed by atoms with E-state index in [-0.39, 0.29) is 23.5 Å². The molecule has 2 N–H and O–H groups in total. The molecular weight excluding hydrogens is 542 g/mol. The number of aromatic nitrogens is 2. The molecule has 202 valence electrons. The van der Waals surface area contributed by atoms with Crippen molar-refractivity contribution in [2.75, 3.05) is 23.3 Å². The van der Waals surface area contributed by atoms with Gasteiger partial charge in [0.15, 0.2) is 5.82 Å². The molecule has 0 radical (unpaired) electrons. The summed E-state index contributed by atoms with van der Waals surface area (Å²) in [6, 6.07) is 6.94. The number of aliphatic imine (C=N–C) groups is 1. The van der Waals surface area contributed by atoms with E-state index in [0.29, 0.717) is 17.8 Å². The summed E-state index contributed by atoms with van der Waals surface area (Å²) in [6.45, 7) is 5.29. The Bertz CT molecular complexity index is 1480. The second kappa shape index (κ2) is 10.9. The van der Waals surface area contributed by atoms with E-state index < -0.39 is 56.0 Å². The van der Waals surface area contributed by atoms with Crippen LogP contribution in [0.5, 0.6) is 0 Å². The number of anilines is 2. The minimum atomic E-state index is -4.65. The van der Waals surface area contributed by atoms with Gasteiger partial charge in [-0.3, -0.25) is 9.71 Å². The van der Waals surface area contributed by atoms with E-state index in [0.717, 1.165) is 11.1 Å². The Hall–Kier alpha value is -3.19. The fourth-order valence-corrected chi connectivity index (χ4v) is 6.26. The lowest BCUT2D eigenvalue weighted by molar-refractivity contribution is 0.511. The van der Waals surface area contributed by atoms with E-state index in [4.69, 9.17) is 4.99 Å². The molecule has 7 nitrogen and oxygen atoms in total. The van der Waals surface area contributed by atoms with Gasteiger partial charge in [-0.15, -0.1) is 0 Å². The lowest BCUT2D eigenvalue weighted by Gasteiger charge is -2.20. The van der Waals surface area contributed by atoms with Gasteiger partial charge in [0.2, 0.25) is 5.95 Å². The molecule has 2 unspecified atom stereocenters. The molecule has 0 fully saturated rings. The number of nitrogens with zero attached hydrogens (tertiary/aromatic N) is 3. The molecule has 1 aliphatic rings. The van der Waals surface area contributed by atoms with Gasteiger partial charge in [-0.05, 0) is 30.3 Å². The van der Waals surface area contributed by atoms with E-state index >= 15 is 4.39 Å². The Balaban J connectivity index is 1.74. The number of rotatable bonds is 8. The number of benzene rings is 2. The number of sulfonamides is 1. The van der Waals surface area contributed by atoms with Crippen molar-refractivity contribution in [2.24, 2.45) is 10.4 Å². The Labute approximate surface area is 222 Å². The first kappa shape index (κ1) is 27.8. The standard InChI is InChI=1S/C25H25F4N5O2S2/c1-25(2,3)23-33-21(22(37-23)18-9-11-30-24(32-18)31-12-10-26)15-5-4-6-17(20(15)29)34-38(35,36)19-13-14(27)7-8-16(19)28/h4-9,11,13,21-22,34H,10,12H2,1-3H3,(H,30,31,32). The number of hydrogen-bond acceptors (Lipinski definition) is 7. The first-order chi connectivity index (χ1) is 17.9. The minimum Gasteiger partial charge on any atom is -0.352 e. The number of hydrogen-bond donors (Lipinski definition) is 2. The predicted octanol–water partition coefficient (Wildman–Crippen LogP) is 6.05. The third-order valence-corrected chi connectivity index (χ3v) is 8.62. The van der Waals surface area contributed by atoms with Crippen LogP contribution < -0.4 is 10.0 Å². The largest absolute Gasteiger partial charge is 0.352 e. The van der Waals surface area contributed by atoms with Gasteiger partial charge in [-0.25, -0.2) is 35.9 Å². The molecule has 2 aromatic carbocycles. The molecule has 1 aromatic heterocycles. The van der Waals surface area contributed by atoms with Crippen molar-refractivity contribution in [3.05, 3.63) is 77.4 Å². The zero-order valence-electron chi connectivity index (χ0n) is 20.7. The number of nitrogens with one attached hydrogen (secondary N) is 2. The maximum atomic E-state index is 15.8. The minimum absolute atomic E-state index is 0.0250. The van der Waals surface area contributed by atoms with Gasteiger partial charge in [-0.1, -0.05) is 44.7 Å². The summed E-state index contributed by atoms with van der Waals surface area (Å²) in [4.78, 5) is 12.4. The van der Waals surface area contributed by atoms with Crippen molar-refractivity contribution in [1.82, 2.24) is 9.97 Å². The smallest absolute Gasteiger partial charge is 0.265 e. The van der Waals surface area contributed by atoms with E-state index in [2.05, 4.69) is 15.3 Å². The fraction of sp³-hybridized carbons (Fsp3) is 0.320. The van der Waals surface area contributed by atoms with E-state index in [1.54, 1.807) is 6.07 Å². The summed E-state index contributed by atoms with van der Waals surface area (Å²) >= 11 is 1.40. The second-order valence-corrected chi connectivity index (χ2v) is 12.3. The molecule has 4 rings (SSSR count). The number of halogens is 4. The maximum absolute atomic E-state index is 15.8. The summed E-state index contributed by atoms with van der Waals surface area (Å²) in [5.41, 5.74) is -0.211. The summed E-state index contributed by atoms with van der Waals surface area (Å²) in [7, 11) is -4.65. The SMILES string of the molecule is CC(C)(C)C1=NC(c2cccc(NS(=O)(=O)c3cc(F)ccc3F)c2F)C(c2ccnc(NCCF)n2)S1. The molecule has 0 spiro atoms. The molecule has 3 aromatic rings. The normalized spacial score (nSPS) is 17.8. The molecule has 0 saturated heterocycles. The Morgan fingerprint density at radius 3 is 2.55 bits per heavy atom. The van der Waals surface area contributed by atoms with Crippen LogP contribution in [0.3, 0.4) is 0 Å². The summed E-state index contributed by atoms with van der Waals surface area (Å²) < 4.78 is 83.8. The van der Waals surface area contributed by atoms with Crippen molar-refractivity contribution in [3.63, 3.8) is 0 Å². The van der Waals surface area contributed by atoms with Crippen LogP contribution in [0.4, 0.5) is 29.2 Å². The third-order valence-electron chi connectivity index (χ3n) is 5.54. The van der Waals surface area contributed by atoms with Crippen LogP contribution >= 0.6 is 11.8 Å². The van der Waals surface area contributed by atoms with Crippen molar-refractivity contribution >= 4 is 38.5 Å². The lowest BCUT2D eigenvalue weighted by atomic mass is 9.97. The van der Waals surface area contributed by atoms with Crippen LogP contribution in [0, 0.1) is 22.9 Å². The highest BCUT2D eigenvalue weighted by atomic mass is 32.2. The second-order valence-electron chi connectivity index (χ2n) is 9.48. The molecule has 13 heteroatoms. The van der Waals surface area contributed by atoms with Gasteiger partial charge < -0.3 is 5.32 Å². The topological polar surface area (TPSA) is 96.3 Å². The van der Waals surface area contributed by atoms with Crippen LogP contribution in [0.1, 0.15) is 43.3 Å².